The zero-order valence-electron chi connectivity index (χ0n) is 7.24. The molecule has 0 unspecified atom stereocenters. The van der Waals surface area contributed by atoms with Crippen LogP contribution in [-0.2, 0) is 5.92 Å². The maximum absolute atomic E-state index is 13.3. The van der Waals surface area contributed by atoms with Gasteiger partial charge in [0.1, 0.15) is 0 Å². The van der Waals surface area contributed by atoms with Gasteiger partial charge in [-0.1, -0.05) is 23.2 Å². The molecule has 0 fully saturated rings. The standard InChI is InChI=1S/C9H9Cl2F2N/c10-7-3-6(4-8(11)5-7)9(12,13)1-2-14/h3-5H,1-2,14H2. The van der Waals surface area contributed by atoms with Gasteiger partial charge in [0.2, 0.25) is 0 Å². The van der Waals surface area contributed by atoms with Crippen molar-refractivity contribution in [3.8, 4) is 0 Å². The Morgan fingerprint density at radius 2 is 1.64 bits per heavy atom. The topological polar surface area (TPSA) is 26.0 Å². The van der Waals surface area contributed by atoms with Crippen LogP contribution in [-0.4, -0.2) is 6.54 Å². The van der Waals surface area contributed by atoms with E-state index in [1.807, 2.05) is 0 Å². The first kappa shape index (κ1) is 11.7. The predicted octanol–water partition coefficient (Wildman–Crippen LogP) is 3.43. The van der Waals surface area contributed by atoms with Crippen LogP contribution >= 0.6 is 23.2 Å². The van der Waals surface area contributed by atoms with Gasteiger partial charge in [0.15, 0.2) is 0 Å². The van der Waals surface area contributed by atoms with Crippen LogP contribution in [0.15, 0.2) is 18.2 Å². The fraction of sp³-hybridized carbons (Fsp3) is 0.333. The molecule has 0 atom stereocenters. The molecule has 0 spiro atoms. The van der Waals surface area contributed by atoms with Crippen LogP contribution in [0, 0.1) is 0 Å². The van der Waals surface area contributed by atoms with Crippen molar-refractivity contribution in [1.82, 2.24) is 0 Å². The summed E-state index contributed by atoms with van der Waals surface area (Å²) in [6.07, 6.45) is -0.413. The first-order chi connectivity index (χ1) is 6.45. The summed E-state index contributed by atoms with van der Waals surface area (Å²) < 4.78 is 26.6. The van der Waals surface area contributed by atoms with Crippen molar-refractivity contribution in [2.24, 2.45) is 5.73 Å². The van der Waals surface area contributed by atoms with Crippen LogP contribution in [0.25, 0.3) is 0 Å². The highest BCUT2D eigenvalue weighted by Crippen LogP contribution is 2.34. The Labute approximate surface area is 90.8 Å². The van der Waals surface area contributed by atoms with Crippen LogP contribution in [0.4, 0.5) is 8.78 Å². The largest absolute Gasteiger partial charge is 0.330 e. The molecule has 1 aromatic rings. The number of rotatable bonds is 3. The van der Waals surface area contributed by atoms with E-state index in [9.17, 15) is 8.78 Å². The van der Waals surface area contributed by atoms with Gasteiger partial charge < -0.3 is 5.73 Å². The molecule has 0 bridgehead atoms. The van der Waals surface area contributed by atoms with Gasteiger partial charge in [-0.05, 0) is 24.7 Å². The molecule has 0 aliphatic heterocycles. The second kappa shape index (κ2) is 4.43. The molecular weight excluding hydrogens is 231 g/mol. The summed E-state index contributed by atoms with van der Waals surface area (Å²) in [7, 11) is 0. The van der Waals surface area contributed by atoms with E-state index < -0.39 is 12.3 Å². The van der Waals surface area contributed by atoms with E-state index in [0.717, 1.165) is 0 Å². The van der Waals surface area contributed by atoms with Gasteiger partial charge in [0, 0.05) is 22.0 Å². The van der Waals surface area contributed by atoms with Gasteiger partial charge in [-0.15, -0.1) is 0 Å². The van der Waals surface area contributed by atoms with E-state index in [4.69, 9.17) is 28.9 Å². The molecule has 0 saturated heterocycles. The normalized spacial score (nSPS) is 11.8. The second-order valence-corrected chi connectivity index (χ2v) is 3.77. The summed E-state index contributed by atoms with van der Waals surface area (Å²) in [5.41, 5.74) is 4.89. The highest BCUT2D eigenvalue weighted by molar-refractivity contribution is 6.34. The number of hydrogen-bond donors (Lipinski definition) is 1. The Hall–Kier alpha value is -0.380. The van der Waals surface area contributed by atoms with Gasteiger partial charge in [0.25, 0.3) is 5.92 Å². The Kier molecular flexibility index (Phi) is 3.70. The second-order valence-electron chi connectivity index (χ2n) is 2.90. The predicted molar refractivity (Wildman–Crippen MR) is 54.0 cm³/mol. The lowest BCUT2D eigenvalue weighted by atomic mass is 10.1. The molecule has 1 aromatic carbocycles. The minimum absolute atomic E-state index is 0.0862. The van der Waals surface area contributed by atoms with Crippen LogP contribution < -0.4 is 5.73 Å². The third kappa shape index (κ3) is 2.80. The number of nitrogens with two attached hydrogens (primary N) is 1. The Balaban J connectivity index is 3.05. The Morgan fingerprint density at radius 1 is 1.14 bits per heavy atom. The number of alkyl halides is 2. The molecule has 2 N–H and O–H groups in total. The van der Waals surface area contributed by atoms with Gasteiger partial charge in [-0.2, -0.15) is 0 Å². The summed E-state index contributed by atoms with van der Waals surface area (Å²) in [6, 6.07) is 3.80. The minimum atomic E-state index is -2.97. The lowest BCUT2D eigenvalue weighted by Gasteiger charge is -2.16. The van der Waals surface area contributed by atoms with Crippen LogP contribution in [0.3, 0.4) is 0 Å². The SMILES string of the molecule is NCCC(F)(F)c1cc(Cl)cc(Cl)c1. The average Bonchev–Trinajstić information content (AvgIpc) is 2.02. The molecule has 0 aliphatic carbocycles. The first-order valence-corrected chi connectivity index (χ1v) is 4.76. The zero-order valence-corrected chi connectivity index (χ0v) is 8.75. The molecule has 0 saturated carbocycles. The summed E-state index contributed by atoms with van der Waals surface area (Å²) in [6.45, 7) is -0.0862. The lowest BCUT2D eigenvalue weighted by Crippen LogP contribution is -2.18. The molecule has 0 aliphatic rings. The fourth-order valence-corrected chi connectivity index (χ4v) is 1.62. The number of halogens is 4. The molecular formula is C9H9Cl2F2N. The number of hydrogen-bond acceptors (Lipinski definition) is 1. The molecule has 0 heterocycles. The molecule has 0 aromatic heterocycles. The molecule has 1 rings (SSSR count). The third-order valence-corrected chi connectivity index (χ3v) is 2.18. The highest BCUT2D eigenvalue weighted by atomic mass is 35.5. The summed E-state index contributed by atoms with van der Waals surface area (Å²) in [5.74, 6) is -2.97. The molecule has 0 radical (unpaired) electrons. The Morgan fingerprint density at radius 3 is 2.07 bits per heavy atom. The van der Waals surface area contributed by atoms with Crippen molar-refractivity contribution in [2.45, 2.75) is 12.3 Å². The monoisotopic (exact) mass is 239 g/mol. The van der Waals surface area contributed by atoms with Crippen molar-refractivity contribution in [2.75, 3.05) is 6.54 Å². The van der Waals surface area contributed by atoms with Crippen molar-refractivity contribution >= 4 is 23.2 Å². The molecule has 1 nitrogen and oxygen atoms in total. The van der Waals surface area contributed by atoms with Gasteiger partial charge in [-0.3, -0.25) is 0 Å². The minimum Gasteiger partial charge on any atom is -0.330 e. The summed E-state index contributed by atoms with van der Waals surface area (Å²) in [4.78, 5) is 0. The van der Waals surface area contributed by atoms with Crippen molar-refractivity contribution in [3.05, 3.63) is 33.8 Å². The fourth-order valence-electron chi connectivity index (χ4n) is 1.09. The van der Waals surface area contributed by atoms with Crippen molar-refractivity contribution in [1.29, 1.82) is 0 Å². The summed E-state index contributed by atoms with van der Waals surface area (Å²) in [5, 5.41) is 0.397. The van der Waals surface area contributed by atoms with Crippen molar-refractivity contribution in [3.63, 3.8) is 0 Å². The van der Waals surface area contributed by atoms with E-state index in [-0.39, 0.29) is 22.2 Å². The van der Waals surface area contributed by atoms with Crippen molar-refractivity contribution < 1.29 is 8.78 Å². The van der Waals surface area contributed by atoms with Crippen LogP contribution in [0.2, 0.25) is 10.0 Å². The van der Waals surface area contributed by atoms with E-state index >= 15 is 0 Å². The molecule has 5 heteroatoms. The van der Waals surface area contributed by atoms with Crippen LogP contribution in [0.1, 0.15) is 12.0 Å². The smallest absolute Gasteiger partial charge is 0.274 e. The third-order valence-electron chi connectivity index (χ3n) is 1.74. The molecule has 0 amide bonds. The van der Waals surface area contributed by atoms with Gasteiger partial charge in [0.05, 0.1) is 0 Å². The lowest BCUT2D eigenvalue weighted by molar-refractivity contribution is -0.0107. The Bertz CT molecular complexity index is 308. The van der Waals surface area contributed by atoms with E-state index in [1.165, 1.54) is 18.2 Å². The van der Waals surface area contributed by atoms with Gasteiger partial charge in [-0.25, -0.2) is 8.78 Å². The summed E-state index contributed by atoms with van der Waals surface area (Å²) >= 11 is 11.2. The van der Waals surface area contributed by atoms with E-state index in [1.54, 1.807) is 0 Å². The molecule has 78 valence electrons. The molecule has 14 heavy (non-hydrogen) atoms. The van der Waals surface area contributed by atoms with E-state index in [2.05, 4.69) is 0 Å². The van der Waals surface area contributed by atoms with E-state index in [0.29, 0.717) is 0 Å². The van der Waals surface area contributed by atoms with Gasteiger partial charge >= 0.3 is 0 Å². The maximum Gasteiger partial charge on any atom is 0.274 e. The maximum atomic E-state index is 13.3. The highest BCUT2D eigenvalue weighted by Gasteiger charge is 2.30. The van der Waals surface area contributed by atoms with Crippen LogP contribution in [0.5, 0.6) is 0 Å². The quantitative estimate of drug-likeness (QED) is 0.860. The average molecular weight is 240 g/mol. The zero-order chi connectivity index (χ0) is 10.8. The first-order valence-electron chi connectivity index (χ1n) is 4.00. The number of benzene rings is 1.